The number of benzene rings is 1. The minimum absolute atomic E-state index is 0.0811. The number of ether oxygens (including phenoxy) is 1. The van der Waals surface area contributed by atoms with E-state index >= 15 is 0 Å². The Labute approximate surface area is 149 Å². The fourth-order valence-corrected chi connectivity index (χ4v) is 4.42. The van der Waals surface area contributed by atoms with Gasteiger partial charge in [-0.25, -0.2) is 13.1 Å². The van der Waals surface area contributed by atoms with Crippen molar-refractivity contribution in [2.75, 3.05) is 0 Å². The van der Waals surface area contributed by atoms with E-state index in [1.54, 1.807) is 0 Å². The third kappa shape index (κ3) is 6.17. The number of rotatable bonds is 7. The first kappa shape index (κ1) is 20.5. The van der Waals surface area contributed by atoms with E-state index in [2.05, 4.69) is 9.46 Å². The van der Waals surface area contributed by atoms with Gasteiger partial charge in [-0.1, -0.05) is 19.3 Å². The Kier molecular flexibility index (Phi) is 6.51. The second-order valence-corrected chi connectivity index (χ2v) is 7.96. The maximum Gasteiger partial charge on any atom is 0.573 e. The van der Waals surface area contributed by atoms with Gasteiger partial charge in [0.05, 0.1) is 11.3 Å². The molecule has 0 aromatic heterocycles. The zero-order chi connectivity index (χ0) is 19.4. The van der Waals surface area contributed by atoms with E-state index < -0.39 is 34.1 Å². The fourth-order valence-electron chi connectivity index (χ4n) is 3.12. The van der Waals surface area contributed by atoms with Gasteiger partial charge in [-0.3, -0.25) is 4.79 Å². The highest BCUT2D eigenvalue weighted by Gasteiger charge is 2.32. The lowest BCUT2D eigenvalue weighted by Gasteiger charge is -2.29. The molecule has 0 aliphatic heterocycles. The summed E-state index contributed by atoms with van der Waals surface area (Å²) in [6.07, 6.45) is -0.898. The lowest BCUT2D eigenvalue weighted by molar-refractivity contribution is -0.274. The van der Waals surface area contributed by atoms with E-state index in [4.69, 9.17) is 5.11 Å². The maximum absolute atomic E-state index is 12.5. The molecule has 10 heteroatoms. The number of alkyl halides is 3. The molecule has 0 amide bonds. The summed E-state index contributed by atoms with van der Waals surface area (Å²) < 4.78 is 67.6. The number of carboxylic acid groups (broad SMARTS) is 1. The largest absolute Gasteiger partial charge is 0.573 e. The molecular weight excluding hydrogens is 375 g/mol. The van der Waals surface area contributed by atoms with Crippen LogP contribution in [0.3, 0.4) is 0 Å². The van der Waals surface area contributed by atoms with Crippen molar-refractivity contribution in [3.8, 4) is 5.75 Å². The lowest BCUT2D eigenvalue weighted by atomic mass is 9.83. The van der Waals surface area contributed by atoms with Gasteiger partial charge in [0.1, 0.15) is 5.75 Å². The predicted molar refractivity (Wildman–Crippen MR) is 86.1 cm³/mol. The normalized spacial score (nSPS) is 17.7. The molecule has 1 aromatic rings. The monoisotopic (exact) mass is 395 g/mol. The summed E-state index contributed by atoms with van der Waals surface area (Å²) in [6.45, 7) is 0. The molecule has 0 heterocycles. The molecule has 0 spiro atoms. The van der Waals surface area contributed by atoms with Gasteiger partial charge >= 0.3 is 12.3 Å². The molecule has 2 rings (SSSR count). The summed E-state index contributed by atoms with van der Waals surface area (Å²) >= 11 is 0. The van der Waals surface area contributed by atoms with Crippen LogP contribution in [0.1, 0.15) is 38.5 Å². The highest BCUT2D eigenvalue weighted by atomic mass is 32.2. The van der Waals surface area contributed by atoms with Crippen molar-refractivity contribution in [1.82, 2.24) is 4.72 Å². The Bertz CT molecular complexity index is 712. The Hall–Kier alpha value is -1.81. The quantitative estimate of drug-likeness (QED) is 0.739. The molecule has 1 saturated carbocycles. The topological polar surface area (TPSA) is 92.7 Å². The molecule has 1 aliphatic rings. The highest BCUT2D eigenvalue weighted by Crippen LogP contribution is 2.29. The molecule has 1 aliphatic carbocycles. The van der Waals surface area contributed by atoms with E-state index in [0.29, 0.717) is 0 Å². The number of hydrogen-bond donors (Lipinski definition) is 2. The van der Waals surface area contributed by atoms with E-state index in [-0.39, 0.29) is 17.2 Å². The average molecular weight is 395 g/mol. The third-order valence-corrected chi connectivity index (χ3v) is 5.79. The Morgan fingerprint density at radius 1 is 1.19 bits per heavy atom. The number of halogens is 3. The Morgan fingerprint density at radius 2 is 1.77 bits per heavy atom. The van der Waals surface area contributed by atoms with Crippen LogP contribution in [0.2, 0.25) is 0 Å². The summed E-state index contributed by atoms with van der Waals surface area (Å²) in [5, 5.41) is 9.07. The van der Waals surface area contributed by atoms with Crippen LogP contribution in [0.4, 0.5) is 13.2 Å². The van der Waals surface area contributed by atoms with Gasteiger partial charge in [-0.05, 0) is 43.0 Å². The molecule has 0 radical (unpaired) electrons. The van der Waals surface area contributed by atoms with Gasteiger partial charge in [0.25, 0.3) is 0 Å². The average Bonchev–Trinajstić information content (AvgIpc) is 2.53. The van der Waals surface area contributed by atoms with Crippen LogP contribution < -0.4 is 9.46 Å². The minimum atomic E-state index is -4.87. The molecule has 1 atom stereocenters. The third-order valence-electron chi connectivity index (χ3n) is 4.29. The van der Waals surface area contributed by atoms with Crippen molar-refractivity contribution >= 4 is 16.0 Å². The van der Waals surface area contributed by atoms with Gasteiger partial charge in [0.15, 0.2) is 0 Å². The van der Waals surface area contributed by atoms with Crippen molar-refractivity contribution in [3.05, 3.63) is 24.3 Å². The second kappa shape index (κ2) is 8.26. The zero-order valence-electron chi connectivity index (χ0n) is 13.8. The van der Waals surface area contributed by atoms with Crippen LogP contribution in [-0.4, -0.2) is 31.9 Å². The van der Waals surface area contributed by atoms with Gasteiger partial charge in [-0.2, -0.15) is 0 Å². The van der Waals surface area contributed by atoms with Crippen LogP contribution in [0.25, 0.3) is 0 Å². The zero-order valence-corrected chi connectivity index (χ0v) is 14.6. The number of sulfonamides is 1. The van der Waals surface area contributed by atoms with E-state index in [9.17, 15) is 26.4 Å². The SMILES string of the molecule is O=C(O)C[C@H](NS(=O)(=O)c1ccc(OC(F)(F)F)cc1)C1CCCCC1. The standard InChI is InChI=1S/C16H20F3NO5S/c17-16(18,19)25-12-6-8-13(9-7-12)26(23,24)20-14(10-15(21)22)11-4-2-1-3-5-11/h6-9,11,14,20H,1-5,10H2,(H,21,22)/t14-/m0/s1. The molecule has 0 unspecified atom stereocenters. The van der Waals surface area contributed by atoms with E-state index in [1.165, 1.54) is 0 Å². The molecule has 0 bridgehead atoms. The first-order valence-corrected chi connectivity index (χ1v) is 9.65. The molecular formula is C16H20F3NO5S. The smallest absolute Gasteiger partial charge is 0.481 e. The van der Waals surface area contributed by atoms with Crippen LogP contribution >= 0.6 is 0 Å². The number of carboxylic acids is 1. The predicted octanol–water partition coefficient (Wildman–Crippen LogP) is 3.29. The second-order valence-electron chi connectivity index (χ2n) is 6.24. The highest BCUT2D eigenvalue weighted by molar-refractivity contribution is 7.89. The summed E-state index contributed by atoms with van der Waals surface area (Å²) in [5.41, 5.74) is 0. The van der Waals surface area contributed by atoms with Gasteiger partial charge in [0.2, 0.25) is 10.0 Å². The molecule has 2 N–H and O–H groups in total. The number of aliphatic carboxylic acids is 1. The van der Waals surface area contributed by atoms with Crippen LogP contribution in [-0.2, 0) is 14.8 Å². The van der Waals surface area contributed by atoms with Crippen molar-refractivity contribution in [1.29, 1.82) is 0 Å². The summed E-state index contributed by atoms with van der Waals surface area (Å²) in [7, 11) is -4.07. The van der Waals surface area contributed by atoms with Crippen molar-refractivity contribution < 1.29 is 36.2 Å². The van der Waals surface area contributed by atoms with E-state index in [0.717, 1.165) is 56.4 Å². The van der Waals surface area contributed by atoms with Crippen LogP contribution in [0.15, 0.2) is 29.2 Å². The summed E-state index contributed by atoms with van der Waals surface area (Å²) in [6, 6.07) is 3.01. The van der Waals surface area contributed by atoms with Crippen molar-refractivity contribution in [2.45, 2.75) is 55.8 Å². The molecule has 1 aromatic carbocycles. The van der Waals surface area contributed by atoms with Gasteiger partial charge in [-0.15, -0.1) is 13.2 Å². The Morgan fingerprint density at radius 3 is 2.27 bits per heavy atom. The number of nitrogens with one attached hydrogen (secondary N) is 1. The molecule has 26 heavy (non-hydrogen) atoms. The maximum atomic E-state index is 12.5. The fraction of sp³-hybridized carbons (Fsp3) is 0.562. The van der Waals surface area contributed by atoms with Gasteiger partial charge < -0.3 is 9.84 Å². The number of hydrogen-bond acceptors (Lipinski definition) is 4. The Balaban J connectivity index is 2.14. The first-order valence-electron chi connectivity index (χ1n) is 8.17. The van der Waals surface area contributed by atoms with Crippen LogP contribution in [0.5, 0.6) is 5.75 Å². The van der Waals surface area contributed by atoms with Crippen molar-refractivity contribution in [3.63, 3.8) is 0 Å². The summed E-state index contributed by atoms with van der Waals surface area (Å²) in [4.78, 5) is 10.8. The number of carbonyl (C=O) groups is 1. The van der Waals surface area contributed by atoms with Gasteiger partial charge in [0, 0.05) is 6.04 Å². The molecule has 0 saturated heterocycles. The van der Waals surface area contributed by atoms with Crippen LogP contribution in [0, 0.1) is 5.92 Å². The summed E-state index contributed by atoms with van der Waals surface area (Å²) in [5.74, 6) is -1.73. The minimum Gasteiger partial charge on any atom is -0.481 e. The molecule has 146 valence electrons. The molecule has 1 fully saturated rings. The van der Waals surface area contributed by atoms with Crippen molar-refractivity contribution in [2.24, 2.45) is 5.92 Å². The first-order chi connectivity index (χ1) is 12.1. The lowest BCUT2D eigenvalue weighted by Crippen LogP contribution is -2.42. The molecule has 6 nitrogen and oxygen atoms in total. The van der Waals surface area contributed by atoms with E-state index in [1.807, 2.05) is 0 Å².